The molecule has 0 aromatic heterocycles. The van der Waals surface area contributed by atoms with E-state index in [9.17, 15) is 35.1 Å². The van der Waals surface area contributed by atoms with Crippen molar-refractivity contribution in [3.05, 3.63) is 53.1 Å². The molecule has 4 bridgehead atoms. The van der Waals surface area contributed by atoms with Crippen molar-refractivity contribution in [2.24, 2.45) is 17.8 Å². The van der Waals surface area contributed by atoms with Gasteiger partial charge in [0.25, 0.3) is 0 Å². The van der Waals surface area contributed by atoms with Gasteiger partial charge in [0.05, 0.1) is 19.6 Å². The summed E-state index contributed by atoms with van der Waals surface area (Å²) in [5.41, 5.74) is 0.796. The number of hydrogen-bond acceptors (Lipinski definition) is 10. The molecule has 3 aliphatic carbocycles. The number of aliphatic hydroxyl groups is 2. The van der Waals surface area contributed by atoms with Crippen molar-refractivity contribution in [1.29, 1.82) is 0 Å². The van der Waals surface area contributed by atoms with Crippen LogP contribution in [0.2, 0.25) is 0 Å². The molecule has 5 N–H and O–H groups in total. The van der Waals surface area contributed by atoms with Crippen LogP contribution >= 0.6 is 0 Å². The van der Waals surface area contributed by atoms with Gasteiger partial charge in [-0.1, -0.05) is 12.1 Å². The van der Waals surface area contributed by atoms with E-state index >= 15 is 0 Å². The summed E-state index contributed by atoms with van der Waals surface area (Å²) in [4.78, 5) is 26.2. The molecule has 0 amide bonds. The molecule has 2 aliphatic heterocycles. The number of aromatic hydroxyl groups is 3. The third-order valence-electron chi connectivity index (χ3n) is 7.62. The van der Waals surface area contributed by atoms with Crippen LogP contribution in [0.4, 0.5) is 0 Å². The summed E-state index contributed by atoms with van der Waals surface area (Å²) in [6.45, 7) is 0.0452. The number of carbonyl (C=O) groups is 2. The lowest BCUT2D eigenvalue weighted by Crippen LogP contribution is -2.60. The van der Waals surface area contributed by atoms with E-state index in [4.69, 9.17) is 14.2 Å². The molecule has 5 aliphatic rings. The molecule has 0 spiro atoms. The number of aliphatic hydroxyl groups excluding tert-OH is 1. The zero-order valence-corrected chi connectivity index (χ0v) is 18.4. The predicted octanol–water partition coefficient (Wildman–Crippen LogP) is 0.990. The number of hydrogen-bond donors (Lipinski definition) is 5. The van der Waals surface area contributed by atoms with Gasteiger partial charge in [-0.3, -0.25) is 9.59 Å². The number of rotatable bonds is 3. The summed E-state index contributed by atoms with van der Waals surface area (Å²) in [5.74, 6) is -6.84. The highest BCUT2D eigenvalue weighted by Crippen LogP contribution is 2.61. The van der Waals surface area contributed by atoms with Gasteiger partial charge in [-0.15, -0.1) is 0 Å². The Labute approximate surface area is 198 Å². The topological polar surface area (TPSA) is 163 Å². The van der Waals surface area contributed by atoms with Crippen LogP contribution in [0.5, 0.6) is 28.7 Å². The van der Waals surface area contributed by atoms with E-state index in [2.05, 4.69) is 0 Å². The zero-order chi connectivity index (χ0) is 24.8. The Morgan fingerprint density at radius 3 is 2.60 bits per heavy atom. The molecule has 182 valence electrons. The second-order valence-electron chi connectivity index (χ2n) is 9.35. The van der Waals surface area contributed by atoms with Crippen LogP contribution in [0.1, 0.15) is 21.8 Å². The highest BCUT2D eigenvalue weighted by molar-refractivity contribution is 6.06. The molecule has 2 fully saturated rings. The average molecular weight is 482 g/mol. The largest absolute Gasteiger partial charge is 0.508 e. The summed E-state index contributed by atoms with van der Waals surface area (Å²) in [7, 11) is 1.42. The first-order valence-corrected chi connectivity index (χ1v) is 11.1. The third kappa shape index (κ3) is 2.81. The fourth-order valence-corrected chi connectivity index (χ4v) is 6.16. The molecule has 7 rings (SSSR count). The SMILES string of the molecule is COc1cc(C2C3C=C([C@@H]4Oc5cc(O)cc(O)c5C(=O)[C@H]4O)C4C2COC4(O)C3=O)ccc1O. The molecule has 35 heavy (non-hydrogen) atoms. The Morgan fingerprint density at radius 2 is 1.86 bits per heavy atom. The fourth-order valence-electron chi connectivity index (χ4n) is 6.16. The van der Waals surface area contributed by atoms with E-state index in [0.717, 1.165) is 12.1 Å². The zero-order valence-electron chi connectivity index (χ0n) is 18.4. The lowest BCUT2D eigenvalue weighted by molar-refractivity contribution is -0.206. The van der Waals surface area contributed by atoms with Crippen LogP contribution in [0.3, 0.4) is 0 Å². The van der Waals surface area contributed by atoms with Gasteiger partial charge in [0.1, 0.15) is 22.8 Å². The molecule has 5 unspecified atom stereocenters. The standard InChI is InChI=1S/C25H22O10/c1-33-16-4-9(2-3-14(16)27)18-11-7-12(20-13(18)8-34-25(20,32)24(11)31)23-22(30)21(29)19-15(28)5-10(26)6-17(19)35-23/h2-7,11,13,18,20,22-23,26-28,30,32H,8H2,1H3/t11?,13?,18?,20?,22-,23+,25?/m1/s1. The molecular weight excluding hydrogens is 460 g/mol. The number of fused-ring (bicyclic) bond motifs is 1. The number of benzene rings is 2. The van der Waals surface area contributed by atoms with Crippen molar-refractivity contribution < 1.29 is 49.3 Å². The second-order valence-corrected chi connectivity index (χ2v) is 9.35. The number of carbonyl (C=O) groups excluding carboxylic acids is 2. The van der Waals surface area contributed by atoms with E-state index in [0.29, 0.717) is 11.1 Å². The van der Waals surface area contributed by atoms with Gasteiger partial charge in [0.15, 0.2) is 29.5 Å². The summed E-state index contributed by atoms with van der Waals surface area (Å²) in [6.07, 6.45) is -1.37. The highest BCUT2D eigenvalue weighted by atomic mass is 16.6. The van der Waals surface area contributed by atoms with Crippen molar-refractivity contribution in [3.8, 4) is 28.7 Å². The second kappa shape index (κ2) is 7.20. The summed E-state index contributed by atoms with van der Waals surface area (Å²) < 4.78 is 16.7. The lowest BCUT2D eigenvalue weighted by atomic mass is 9.55. The maximum Gasteiger partial charge on any atom is 0.234 e. The van der Waals surface area contributed by atoms with Crippen molar-refractivity contribution >= 4 is 11.6 Å². The molecule has 7 atom stereocenters. The number of phenols is 3. The number of methoxy groups -OCH3 is 1. The molecule has 2 aromatic carbocycles. The third-order valence-corrected chi connectivity index (χ3v) is 7.62. The number of phenolic OH excluding ortho intramolecular Hbond substituents is 3. The maximum atomic E-state index is 13.3. The van der Waals surface area contributed by atoms with Gasteiger partial charge in [-0.05, 0) is 23.3 Å². The van der Waals surface area contributed by atoms with Crippen molar-refractivity contribution in [2.75, 3.05) is 13.7 Å². The van der Waals surface area contributed by atoms with Crippen molar-refractivity contribution in [3.63, 3.8) is 0 Å². The van der Waals surface area contributed by atoms with Gasteiger partial charge < -0.3 is 39.7 Å². The van der Waals surface area contributed by atoms with E-state index in [1.807, 2.05) is 0 Å². The molecule has 2 aromatic rings. The van der Waals surface area contributed by atoms with Crippen LogP contribution in [-0.4, -0.2) is 68.8 Å². The van der Waals surface area contributed by atoms with Gasteiger partial charge in [0, 0.05) is 29.9 Å². The quantitative estimate of drug-likeness (QED) is 0.399. The molecular formula is C25H22O10. The van der Waals surface area contributed by atoms with E-state index in [-0.39, 0.29) is 35.2 Å². The van der Waals surface area contributed by atoms with E-state index in [1.165, 1.54) is 13.2 Å². The van der Waals surface area contributed by atoms with Crippen LogP contribution in [-0.2, 0) is 9.53 Å². The normalized spacial score (nSPS) is 34.9. The molecule has 10 heteroatoms. The number of ketones is 2. The average Bonchev–Trinajstić information content (AvgIpc) is 3.14. The Bertz CT molecular complexity index is 1320. The van der Waals surface area contributed by atoms with Gasteiger partial charge >= 0.3 is 0 Å². The Hall–Kier alpha value is -3.60. The van der Waals surface area contributed by atoms with Crippen LogP contribution < -0.4 is 9.47 Å². The number of Topliss-reactive ketones (excluding diaryl/α,β-unsaturated/α-hetero) is 2. The Balaban J connectivity index is 1.46. The minimum Gasteiger partial charge on any atom is -0.508 e. The summed E-state index contributed by atoms with van der Waals surface area (Å²) in [6, 6.07) is 6.91. The monoisotopic (exact) mass is 482 g/mol. The lowest BCUT2D eigenvalue weighted by Gasteiger charge is -2.50. The highest BCUT2D eigenvalue weighted by Gasteiger charge is 2.69. The molecule has 0 radical (unpaired) electrons. The Morgan fingerprint density at radius 1 is 1.09 bits per heavy atom. The number of ether oxygens (including phenoxy) is 3. The van der Waals surface area contributed by atoms with Crippen molar-refractivity contribution in [1.82, 2.24) is 0 Å². The van der Waals surface area contributed by atoms with Crippen LogP contribution in [0, 0.1) is 17.8 Å². The fraction of sp³-hybridized carbons (Fsp3) is 0.360. The summed E-state index contributed by atoms with van der Waals surface area (Å²) in [5, 5.41) is 52.0. The number of allylic oxidation sites excluding steroid dienone is 1. The predicted molar refractivity (Wildman–Crippen MR) is 116 cm³/mol. The first kappa shape index (κ1) is 21.9. The molecule has 1 saturated heterocycles. The van der Waals surface area contributed by atoms with E-state index < -0.39 is 59.0 Å². The van der Waals surface area contributed by atoms with Crippen LogP contribution in [0.25, 0.3) is 0 Å². The molecule has 10 nitrogen and oxygen atoms in total. The molecule has 2 heterocycles. The first-order valence-electron chi connectivity index (χ1n) is 11.1. The minimum atomic E-state index is -2.13. The minimum absolute atomic E-state index is 0.0452. The van der Waals surface area contributed by atoms with Crippen LogP contribution in [0.15, 0.2) is 42.0 Å². The van der Waals surface area contributed by atoms with Gasteiger partial charge in [-0.25, -0.2) is 0 Å². The Kier molecular flexibility index (Phi) is 4.51. The molecule has 1 saturated carbocycles. The summed E-state index contributed by atoms with van der Waals surface area (Å²) >= 11 is 0. The first-order chi connectivity index (χ1) is 16.7. The van der Waals surface area contributed by atoms with Gasteiger partial charge in [0.2, 0.25) is 11.6 Å². The van der Waals surface area contributed by atoms with E-state index in [1.54, 1.807) is 18.2 Å². The smallest absolute Gasteiger partial charge is 0.234 e. The van der Waals surface area contributed by atoms with Gasteiger partial charge in [-0.2, -0.15) is 0 Å². The maximum absolute atomic E-state index is 13.3. The van der Waals surface area contributed by atoms with Crippen molar-refractivity contribution in [2.45, 2.75) is 23.9 Å².